The Morgan fingerprint density at radius 2 is 2.52 bits per heavy atom. The van der Waals surface area contributed by atoms with Gasteiger partial charge < -0.3 is 14.6 Å². The molecule has 0 bridgehead atoms. The smallest absolute Gasteiger partial charge is 0.249 e. The maximum Gasteiger partial charge on any atom is 0.249 e. The van der Waals surface area contributed by atoms with Crippen molar-refractivity contribution in [2.75, 3.05) is 13.2 Å². The molecule has 5 nitrogen and oxygen atoms in total. The Hall–Kier alpha value is -1.66. The molecule has 1 atom stereocenters. The Bertz CT molecular complexity index is 594. The van der Waals surface area contributed by atoms with Gasteiger partial charge in [-0.2, -0.15) is 0 Å². The van der Waals surface area contributed by atoms with Gasteiger partial charge >= 0.3 is 0 Å². The zero-order valence-electron chi connectivity index (χ0n) is 12.0. The number of hydrogen-bond acceptors (Lipinski definition) is 4. The van der Waals surface area contributed by atoms with Crippen LogP contribution >= 0.6 is 11.3 Å². The number of fused-ring (bicyclic) bond motifs is 1. The number of aromatic nitrogens is 2. The number of thiophene rings is 1. The molecule has 0 aliphatic carbocycles. The fourth-order valence-electron chi connectivity index (χ4n) is 2.83. The molecular weight excluding hydrogens is 286 g/mol. The molecule has 2 aromatic rings. The van der Waals surface area contributed by atoms with E-state index in [0.717, 1.165) is 25.2 Å². The van der Waals surface area contributed by atoms with Crippen molar-refractivity contribution in [2.45, 2.75) is 32.4 Å². The van der Waals surface area contributed by atoms with E-state index in [0.29, 0.717) is 6.61 Å². The van der Waals surface area contributed by atoms with E-state index in [1.54, 1.807) is 23.7 Å². The van der Waals surface area contributed by atoms with Gasteiger partial charge in [0.1, 0.15) is 19.0 Å². The van der Waals surface area contributed by atoms with Crippen molar-refractivity contribution >= 4 is 17.2 Å². The SMILES string of the molecule is CC[C@H]1c2ccsc2CCN1C(=O)COCc1ncc[nH]1. The molecule has 2 aromatic heterocycles. The zero-order valence-corrected chi connectivity index (χ0v) is 12.9. The van der Waals surface area contributed by atoms with Gasteiger partial charge in [0.05, 0.1) is 6.04 Å². The van der Waals surface area contributed by atoms with Crippen LogP contribution < -0.4 is 0 Å². The quantitative estimate of drug-likeness (QED) is 0.923. The summed E-state index contributed by atoms with van der Waals surface area (Å²) in [6, 6.07) is 2.34. The topological polar surface area (TPSA) is 58.2 Å². The van der Waals surface area contributed by atoms with Gasteiger partial charge in [-0.25, -0.2) is 4.98 Å². The Morgan fingerprint density at radius 3 is 3.29 bits per heavy atom. The molecule has 3 heterocycles. The summed E-state index contributed by atoms with van der Waals surface area (Å²) in [7, 11) is 0. The number of hydrogen-bond donors (Lipinski definition) is 1. The molecule has 0 radical (unpaired) electrons. The molecule has 0 aromatic carbocycles. The summed E-state index contributed by atoms with van der Waals surface area (Å²) in [6.07, 6.45) is 5.31. The second-order valence-electron chi connectivity index (χ2n) is 5.09. The van der Waals surface area contributed by atoms with Crippen LogP contribution in [-0.4, -0.2) is 33.9 Å². The number of imidazole rings is 1. The summed E-state index contributed by atoms with van der Waals surface area (Å²) < 4.78 is 5.47. The van der Waals surface area contributed by atoms with Crippen LogP contribution in [0.3, 0.4) is 0 Å². The summed E-state index contributed by atoms with van der Waals surface area (Å²) in [5.74, 6) is 0.805. The van der Waals surface area contributed by atoms with E-state index in [9.17, 15) is 4.79 Å². The van der Waals surface area contributed by atoms with Crippen molar-refractivity contribution in [3.8, 4) is 0 Å². The average Bonchev–Trinajstić information content (AvgIpc) is 3.16. The van der Waals surface area contributed by atoms with Crippen LogP contribution in [0.15, 0.2) is 23.8 Å². The maximum absolute atomic E-state index is 12.4. The van der Waals surface area contributed by atoms with Crippen LogP contribution in [0.5, 0.6) is 0 Å². The molecule has 0 fully saturated rings. The first-order valence-corrected chi connectivity index (χ1v) is 8.09. The van der Waals surface area contributed by atoms with Crippen molar-refractivity contribution in [1.82, 2.24) is 14.9 Å². The molecule has 1 aliphatic rings. The molecular formula is C15H19N3O2S. The third kappa shape index (κ3) is 3.01. The van der Waals surface area contributed by atoms with Gasteiger partial charge in [-0.3, -0.25) is 4.79 Å². The lowest BCUT2D eigenvalue weighted by molar-refractivity contribution is -0.139. The molecule has 1 amide bonds. The van der Waals surface area contributed by atoms with Crippen LogP contribution in [0.25, 0.3) is 0 Å². The second-order valence-corrected chi connectivity index (χ2v) is 6.09. The highest BCUT2D eigenvalue weighted by molar-refractivity contribution is 7.10. The normalized spacial score (nSPS) is 17.8. The van der Waals surface area contributed by atoms with E-state index < -0.39 is 0 Å². The van der Waals surface area contributed by atoms with Crippen molar-refractivity contribution in [3.63, 3.8) is 0 Å². The Morgan fingerprint density at radius 1 is 1.62 bits per heavy atom. The van der Waals surface area contributed by atoms with Gasteiger partial charge in [-0.1, -0.05) is 6.92 Å². The lowest BCUT2D eigenvalue weighted by Gasteiger charge is -2.35. The number of carbonyl (C=O) groups excluding carboxylic acids is 1. The van der Waals surface area contributed by atoms with E-state index in [2.05, 4.69) is 28.3 Å². The number of ether oxygens (including phenoxy) is 1. The van der Waals surface area contributed by atoms with E-state index in [4.69, 9.17) is 4.74 Å². The van der Waals surface area contributed by atoms with E-state index in [1.807, 2.05) is 4.90 Å². The van der Waals surface area contributed by atoms with Gasteiger partial charge in [-0.05, 0) is 29.9 Å². The van der Waals surface area contributed by atoms with Crippen molar-refractivity contribution in [3.05, 3.63) is 40.1 Å². The van der Waals surface area contributed by atoms with E-state index >= 15 is 0 Å². The molecule has 1 aliphatic heterocycles. The Labute approximate surface area is 128 Å². The lowest BCUT2D eigenvalue weighted by atomic mass is 9.98. The molecule has 6 heteroatoms. The molecule has 112 valence electrons. The highest BCUT2D eigenvalue weighted by Crippen LogP contribution is 2.35. The number of carbonyl (C=O) groups is 1. The summed E-state index contributed by atoms with van der Waals surface area (Å²) >= 11 is 1.79. The first-order valence-electron chi connectivity index (χ1n) is 7.21. The first kappa shape index (κ1) is 14.3. The number of H-pyrrole nitrogens is 1. The minimum atomic E-state index is 0.0604. The lowest BCUT2D eigenvalue weighted by Crippen LogP contribution is -2.41. The van der Waals surface area contributed by atoms with Crippen molar-refractivity contribution in [1.29, 1.82) is 0 Å². The number of rotatable bonds is 5. The summed E-state index contributed by atoms with van der Waals surface area (Å²) in [4.78, 5) is 22.8. The van der Waals surface area contributed by atoms with Gasteiger partial charge in [-0.15, -0.1) is 11.3 Å². The van der Waals surface area contributed by atoms with Gasteiger partial charge in [0.2, 0.25) is 5.91 Å². The van der Waals surface area contributed by atoms with Crippen molar-refractivity contribution < 1.29 is 9.53 Å². The zero-order chi connectivity index (χ0) is 14.7. The van der Waals surface area contributed by atoms with Gasteiger partial charge in [0.25, 0.3) is 0 Å². The maximum atomic E-state index is 12.4. The summed E-state index contributed by atoms with van der Waals surface area (Å²) in [5.41, 5.74) is 1.31. The fraction of sp³-hybridized carbons (Fsp3) is 0.467. The van der Waals surface area contributed by atoms with Gasteiger partial charge in [0.15, 0.2) is 0 Å². The van der Waals surface area contributed by atoms with Crippen LogP contribution in [-0.2, 0) is 22.6 Å². The standard InChI is InChI=1S/C15H19N3O2S/c1-2-12-11-4-8-21-13(11)3-7-18(12)15(19)10-20-9-14-16-5-6-17-14/h4-6,8,12H,2-3,7,9-10H2,1H3,(H,16,17)/t12-/m0/s1. The first-order chi connectivity index (χ1) is 10.3. The highest BCUT2D eigenvalue weighted by atomic mass is 32.1. The minimum absolute atomic E-state index is 0.0604. The fourth-order valence-corrected chi connectivity index (χ4v) is 3.76. The molecule has 3 rings (SSSR count). The monoisotopic (exact) mass is 305 g/mol. The predicted octanol–water partition coefficient (Wildman–Crippen LogP) is 2.52. The van der Waals surface area contributed by atoms with Crippen LogP contribution in [0.1, 0.15) is 35.7 Å². The second kappa shape index (κ2) is 6.41. The average molecular weight is 305 g/mol. The summed E-state index contributed by atoms with van der Waals surface area (Å²) in [6.45, 7) is 3.36. The Balaban J connectivity index is 1.59. The highest BCUT2D eigenvalue weighted by Gasteiger charge is 2.30. The summed E-state index contributed by atoms with van der Waals surface area (Å²) in [5, 5.41) is 2.12. The molecule has 1 N–H and O–H groups in total. The molecule has 0 saturated carbocycles. The van der Waals surface area contributed by atoms with Gasteiger partial charge in [0, 0.05) is 23.8 Å². The molecule has 0 saturated heterocycles. The number of nitrogens with zero attached hydrogens (tertiary/aromatic N) is 2. The number of aromatic amines is 1. The third-order valence-electron chi connectivity index (χ3n) is 3.82. The van der Waals surface area contributed by atoms with Crippen LogP contribution in [0.2, 0.25) is 0 Å². The number of nitrogens with one attached hydrogen (secondary N) is 1. The largest absolute Gasteiger partial charge is 0.364 e. The van der Waals surface area contributed by atoms with Crippen molar-refractivity contribution in [2.24, 2.45) is 0 Å². The van der Waals surface area contributed by atoms with Crippen LogP contribution in [0.4, 0.5) is 0 Å². The predicted molar refractivity (Wildman–Crippen MR) is 81.0 cm³/mol. The minimum Gasteiger partial charge on any atom is -0.364 e. The van der Waals surface area contributed by atoms with E-state index in [1.165, 1.54) is 10.4 Å². The van der Waals surface area contributed by atoms with E-state index in [-0.39, 0.29) is 18.6 Å². The molecule has 0 spiro atoms. The Kier molecular flexibility index (Phi) is 4.36. The van der Waals surface area contributed by atoms with Crippen LogP contribution in [0, 0.1) is 0 Å². The molecule has 21 heavy (non-hydrogen) atoms. The molecule has 0 unspecified atom stereocenters. The number of amides is 1. The third-order valence-corrected chi connectivity index (χ3v) is 4.82.